The minimum absolute atomic E-state index is 0.0716. The van der Waals surface area contributed by atoms with E-state index in [4.69, 9.17) is 4.74 Å². The third-order valence-electron chi connectivity index (χ3n) is 4.84. The Bertz CT molecular complexity index is 1460. The van der Waals surface area contributed by atoms with Crippen LogP contribution < -0.4 is 5.32 Å². The van der Waals surface area contributed by atoms with Crippen molar-refractivity contribution in [3.8, 4) is 17.3 Å². The lowest BCUT2D eigenvalue weighted by Gasteiger charge is -2.11. The molecule has 2 aromatic carbocycles. The van der Waals surface area contributed by atoms with Gasteiger partial charge in [0.25, 0.3) is 11.6 Å². The molecule has 0 aliphatic heterocycles. The zero-order valence-corrected chi connectivity index (χ0v) is 17.5. The summed E-state index contributed by atoms with van der Waals surface area (Å²) in [4.78, 5) is 44.1. The number of pyridine rings is 2. The molecule has 1 N–H and O–H groups in total. The molecular weight excluding hydrogens is 438 g/mol. The number of carbonyl (C=O) groups excluding carboxylic acids is 2. The van der Waals surface area contributed by atoms with Crippen LogP contribution in [0.2, 0.25) is 0 Å². The van der Waals surface area contributed by atoms with Gasteiger partial charge in [0, 0.05) is 35.5 Å². The van der Waals surface area contributed by atoms with Gasteiger partial charge in [0.2, 0.25) is 0 Å². The number of para-hydroxylation sites is 1. The van der Waals surface area contributed by atoms with Crippen LogP contribution in [0.5, 0.6) is 0 Å². The van der Waals surface area contributed by atoms with Gasteiger partial charge in [-0.2, -0.15) is 5.26 Å². The van der Waals surface area contributed by atoms with E-state index >= 15 is 0 Å². The van der Waals surface area contributed by atoms with Gasteiger partial charge in [-0.1, -0.05) is 18.2 Å². The molecule has 1 amide bonds. The molecule has 34 heavy (non-hydrogen) atoms. The second kappa shape index (κ2) is 9.54. The highest BCUT2D eigenvalue weighted by Gasteiger charge is 2.18. The van der Waals surface area contributed by atoms with Gasteiger partial charge in [0.05, 0.1) is 32.9 Å². The van der Waals surface area contributed by atoms with E-state index in [1.165, 1.54) is 6.07 Å². The number of nitrogens with one attached hydrogen (secondary N) is 1. The number of carbonyl (C=O) groups is 2. The number of fused-ring (bicyclic) bond motifs is 1. The van der Waals surface area contributed by atoms with Crippen molar-refractivity contribution in [2.75, 3.05) is 11.9 Å². The number of nitro groups is 1. The highest BCUT2D eigenvalue weighted by molar-refractivity contribution is 6.05. The molecule has 0 fully saturated rings. The molecule has 0 aliphatic rings. The number of benzene rings is 2. The molecule has 0 saturated carbocycles. The largest absolute Gasteiger partial charge is 0.452 e. The van der Waals surface area contributed by atoms with Crippen LogP contribution in [0.25, 0.3) is 22.2 Å². The molecule has 0 spiro atoms. The number of nitriles is 1. The molecule has 10 nitrogen and oxygen atoms in total. The SMILES string of the molecule is N#Cc1cc([N+](=O)[O-])ccc1NC(=O)COC(=O)c1cc(-c2cccnc2)nc2ccccc12. The smallest absolute Gasteiger partial charge is 0.339 e. The lowest BCUT2D eigenvalue weighted by Crippen LogP contribution is -2.21. The average molecular weight is 453 g/mol. The van der Waals surface area contributed by atoms with Crippen LogP contribution in [-0.4, -0.2) is 33.4 Å². The van der Waals surface area contributed by atoms with E-state index in [1.54, 1.807) is 54.9 Å². The maximum atomic E-state index is 12.9. The molecule has 10 heteroatoms. The minimum Gasteiger partial charge on any atom is -0.452 e. The second-order valence-corrected chi connectivity index (χ2v) is 7.04. The van der Waals surface area contributed by atoms with Crippen LogP contribution in [0.3, 0.4) is 0 Å². The standard InChI is InChI=1S/C24H15N5O5/c25-12-16-10-17(29(32)33)7-8-20(16)28-23(30)14-34-24(31)19-11-22(15-4-3-9-26-13-15)27-21-6-2-1-5-18(19)21/h1-11,13H,14H2,(H,28,30). The Balaban J connectivity index is 1.53. The molecule has 2 aromatic heterocycles. The molecule has 166 valence electrons. The topological polar surface area (TPSA) is 148 Å². The van der Waals surface area contributed by atoms with Gasteiger partial charge in [-0.25, -0.2) is 9.78 Å². The van der Waals surface area contributed by atoms with Gasteiger partial charge < -0.3 is 10.1 Å². The number of nitrogens with zero attached hydrogens (tertiary/aromatic N) is 4. The van der Waals surface area contributed by atoms with Crippen molar-refractivity contribution < 1.29 is 19.2 Å². The zero-order valence-electron chi connectivity index (χ0n) is 17.5. The summed E-state index contributed by atoms with van der Waals surface area (Å²) in [6, 6.07) is 17.4. The Morgan fingerprint density at radius 3 is 2.68 bits per heavy atom. The summed E-state index contributed by atoms with van der Waals surface area (Å²) in [5.41, 5.74) is 1.73. The summed E-state index contributed by atoms with van der Waals surface area (Å²) >= 11 is 0. The number of aromatic nitrogens is 2. The van der Waals surface area contributed by atoms with Crippen LogP contribution in [0.4, 0.5) is 11.4 Å². The number of anilines is 1. The Morgan fingerprint density at radius 1 is 1.12 bits per heavy atom. The molecule has 0 bridgehead atoms. The van der Waals surface area contributed by atoms with E-state index < -0.39 is 23.4 Å². The first-order valence-corrected chi connectivity index (χ1v) is 9.92. The van der Waals surface area contributed by atoms with Gasteiger partial charge in [0.15, 0.2) is 6.61 Å². The third kappa shape index (κ3) is 4.68. The molecule has 0 aliphatic carbocycles. The van der Waals surface area contributed by atoms with Gasteiger partial charge in [-0.15, -0.1) is 0 Å². The number of hydrogen-bond donors (Lipinski definition) is 1. The molecular formula is C24H15N5O5. The lowest BCUT2D eigenvalue weighted by atomic mass is 10.1. The van der Waals surface area contributed by atoms with Gasteiger partial charge >= 0.3 is 5.97 Å². The third-order valence-corrected chi connectivity index (χ3v) is 4.84. The van der Waals surface area contributed by atoms with Crippen LogP contribution in [0.15, 0.2) is 73.1 Å². The monoisotopic (exact) mass is 453 g/mol. The molecule has 0 atom stereocenters. The first-order chi connectivity index (χ1) is 16.5. The van der Waals surface area contributed by atoms with Crippen molar-refractivity contribution in [3.63, 3.8) is 0 Å². The summed E-state index contributed by atoms with van der Waals surface area (Å²) in [7, 11) is 0. The van der Waals surface area contributed by atoms with E-state index in [2.05, 4.69) is 15.3 Å². The average Bonchev–Trinajstić information content (AvgIpc) is 2.87. The van der Waals surface area contributed by atoms with Crippen molar-refractivity contribution in [1.29, 1.82) is 5.26 Å². The fourth-order valence-corrected chi connectivity index (χ4v) is 3.25. The Morgan fingerprint density at radius 2 is 1.94 bits per heavy atom. The Labute approximate surface area is 192 Å². The molecule has 0 unspecified atom stereocenters. The predicted octanol–water partition coefficient (Wildman–Crippen LogP) is 3.87. The Kier molecular flexibility index (Phi) is 6.18. The fraction of sp³-hybridized carbons (Fsp3) is 0.0417. The van der Waals surface area contributed by atoms with Gasteiger partial charge in [-0.3, -0.25) is 19.9 Å². The quantitative estimate of drug-likeness (QED) is 0.263. The maximum Gasteiger partial charge on any atom is 0.339 e. The summed E-state index contributed by atoms with van der Waals surface area (Å²) in [6.45, 7) is -0.625. The van der Waals surface area contributed by atoms with Crippen molar-refractivity contribution in [1.82, 2.24) is 9.97 Å². The number of ether oxygens (including phenoxy) is 1. The molecule has 4 rings (SSSR count). The molecule has 0 radical (unpaired) electrons. The number of amides is 1. The number of hydrogen-bond acceptors (Lipinski definition) is 8. The number of non-ortho nitro benzene ring substituents is 1. The second-order valence-electron chi connectivity index (χ2n) is 7.04. The first-order valence-electron chi connectivity index (χ1n) is 9.92. The van der Waals surface area contributed by atoms with Gasteiger partial charge in [-0.05, 0) is 30.3 Å². The Hall–Kier alpha value is -5.17. The van der Waals surface area contributed by atoms with Crippen LogP contribution in [0, 0.1) is 21.4 Å². The minimum atomic E-state index is -0.733. The van der Waals surface area contributed by atoms with E-state index in [1.807, 2.05) is 6.07 Å². The van der Waals surface area contributed by atoms with Crippen molar-refractivity contribution in [2.24, 2.45) is 0 Å². The van der Waals surface area contributed by atoms with E-state index in [0.29, 0.717) is 22.2 Å². The predicted molar refractivity (Wildman–Crippen MR) is 122 cm³/mol. The summed E-state index contributed by atoms with van der Waals surface area (Å²) in [5, 5.41) is 23.1. The van der Waals surface area contributed by atoms with Gasteiger partial charge in [0.1, 0.15) is 6.07 Å². The number of rotatable bonds is 6. The number of nitro benzene ring substituents is 1. The molecule has 2 heterocycles. The highest BCUT2D eigenvalue weighted by Crippen LogP contribution is 2.25. The lowest BCUT2D eigenvalue weighted by molar-refractivity contribution is -0.384. The summed E-state index contributed by atoms with van der Waals surface area (Å²) in [6.07, 6.45) is 3.25. The first kappa shape index (κ1) is 22.0. The van der Waals surface area contributed by atoms with Crippen molar-refractivity contribution >= 4 is 34.2 Å². The maximum absolute atomic E-state index is 12.9. The van der Waals surface area contributed by atoms with Crippen LogP contribution in [0.1, 0.15) is 15.9 Å². The molecule has 4 aromatic rings. The van der Waals surface area contributed by atoms with Crippen molar-refractivity contribution in [2.45, 2.75) is 0 Å². The highest BCUT2D eigenvalue weighted by atomic mass is 16.6. The number of esters is 1. The van der Waals surface area contributed by atoms with Crippen LogP contribution in [-0.2, 0) is 9.53 Å². The van der Waals surface area contributed by atoms with E-state index in [9.17, 15) is 25.0 Å². The normalized spacial score (nSPS) is 10.3. The fourth-order valence-electron chi connectivity index (χ4n) is 3.25. The summed E-state index contributed by atoms with van der Waals surface area (Å²) < 4.78 is 5.21. The van der Waals surface area contributed by atoms with Crippen molar-refractivity contribution in [3.05, 3.63) is 94.3 Å². The summed E-state index contributed by atoms with van der Waals surface area (Å²) in [5.74, 6) is -1.44. The zero-order chi connectivity index (χ0) is 24.1. The molecule has 0 saturated heterocycles. The van der Waals surface area contributed by atoms with E-state index in [0.717, 1.165) is 12.1 Å². The van der Waals surface area contributed by atoms with Crippen LogP contribution >= 0.6 is 0 Å². The van der Waals surface area contributed by atoms with E-state index in [-0.39, 0.29) is 22.5 Å².